The van der Waals surface area contributed by atoms with Gasteiger partial charge in [-0.2, -0.15) is 23.4 Å². The van der Waals surface area contributed by atoms with Crippen molar-refractivity contribution in [3.63, 3.8) is 0 Å². The summed E-state index contributed by atoms with van der Waals surface area (Å²) in [6.07, 6.45) is 3.25. The zero-order valence-corrected chi connectivity index (χ0v) is 13.8. The third kappa shape index (κ3) is 4.68. The topological polar surface area (TPSA) is 77.0 Å². The average molecular weight is 366 g/mol. The van der Waals surface area contributed by atoms with E-state index in [1.165, 1.54) is 18.6 Å². The molecule has 1 fully saturated rings. The molecular weight excluding hydrogens is 349 g/mol. The van der Waals surface area contributed by atoms with E-state index in [1.54, 1.807) is 12.1 Å². The van der Waals surface area contributed by atoms with Gasteiger partial charge in [-0.05, 0) is 30.9 Å². The van der Waals surface area contributed by atoms with Crippen LogP contribution in [-0.4, -0.2) is 33.9 Å². The Balaban J connectivity index is 1.82. The highest BCUT2D eigenvalue weighted by molar-refractivity contribution is 6.04. The van der Waals surface area contributed by atoms with Crippen LogP contribution in [0.25, 0.3) is 0 Å². The lowest BCUT2D eigenvalue weighted by Crippen LogP contribution is -2.21. The van der Waals surface area contributed by atoms with Crippen molar-refractivity contribution in [2.45, 2.75) is 37.8 Å². The van der Waals surface area contributed by atoms with Gasteiger partial charge in [0.25, 0.3) is 5.91 Å². The fourth-order valence-corrected chi connectivity index (χ4v) is 2.96. The highest BCUT2D eigenvalue weighted by Gasteiger charge is 2.30. The molecule has 9 heteroatoms. The number of nitrogens with zero attached hydrogens (tertiary/aromatic N) is 3. The Labute approximate surface area is 147 Å². The molecule has 2 aromatic heterocycles. The maximum atomic E-state index is 12.5. The molecule has 0 aliphatic heterocycles. The summed E-state index contributed by atoms with van der Waals surface area (Å²) >= 11 is 0. The third-order valence-corrected chi connectivity index (χ3v) is 4.15. The normalized spacial score (nSPS) is 15.0. The first kappa shape index (κ1) is 18.1. The molecule has 6 nitrogen and oxygen atoms in total. The van der Waals surface area contributed by atoms with Gasteiger partial charge in [0.15, 0.2) is 6.61 Å². The Morgan fingerprint density at radius 1 is 1.23 bits per heavy atom. The summed E-state index contributed by atoms with van der Waals surface area (Å²) in [4.78, 5) is 16.4. The van der Waals surface area contributed by atoms with Crippen molar-refractivity contribution in [3.8, 4) is 5.88 Å². The number of carbonyl (C=O) groups excluding carboxylic acids is 1. The van der Waals surface area contributed by atoms with Gasteiger partial charge in [0.1, 0.15) is 0 Å². The summed E-state index contributed by atoms with van der Waals surface area (Å²) in [7, 11) is 0. The highest BCUT2D eigenvalue weighted by atomic mass is 19.4. The molecule has 0 bridgehead atoms. The van der Waals surface area contributed by atoms with Crippen LogP contribution in [-0.2, 0) is 0 Å². The summed E-state index contributed by atoms with van der Waals surface area (Å²) in [5.74, 6) is -0.440. The Kier molecular flexibility index (Phi) is 5.34. The molecule has 1 saturated carbocycles. The molecule has 1 N–H and O–H groups in total. The molecule has 0 spiro atoms. The van der Waals surface area contributed by atoms with Crippen LogP contribution in [0, 0.1) is 0 Å². The summed E-state index contributed by atoms with van der Waals surface area (Å²) in [6.45, 7) is -1.41. The average Bonchev–Trinajstić information content (AvgIpc) is 3.14. The van der Waals surface area contributed by atoms with E-state index in [1.807, 2.05) is 0 Å². The maximum absolute atomic E-state index is 12.5. The number of halogens is 3. The minimum atomic E-state index is -4.45. The Morgan fingerprint density at radius 3 is 2.65 bits per heavy atom. The van der Waals surface area contributed by atoms with E-state index in [2.05, 4.69) is 20.5 Å². The summed E-state index contributed by atoms with van der Waals surface area (Å²) in [6, 6.07) is 3.15. The van der Waals surface area contributed by atoms with Gasteiger partial charge in [-0.1, -0.05) is 12.8 Å². The Hall–Kier alpha value is -2.71. The lowest BCUT2D eigenvalue weighted by molar-refractivity contribution is -0.154. The van der Waals surface area contributed by atoms with E-state index >= 15 is 0 Å². The minimum Gasteiger partial charge on any atom is -0.468 e. The van der Waals surface area contributed by atoms with Gasteiger partial charge in [-0.25, -0.2) is 4.98 Å². The summed E-state index contributed by atoms with van der Waals surface area (Å²) < 4.78 is 42.3. The fourth-order valence-electron chi connectivity index (χ4n) is 2.96. The standard InChI is InChI=1S/C17H17F3N4O2/c18-17(19,20)10-26-16-14(11-3-1-2-4-11)7-12(8-21-16)15(25)24-13-5-6-22-23-9-13/h5-9,11H,1-4,10H2,(H,22,24,25). The molecule has 0 atom stereocenters. The van der Waals surface area contributed by atoms with Crippen LogP contribution in [0.2, 0.25) is 0 Å². The van der Waals surface area contributed by atoms with E-state index in [0.29, 0.717) is 11.3 Å². The molecule has 0 unspecified atom stereocenters. The van der Waals surface area contributed by atoms with Crippen molar-refractivity contribution in [2.75, 3.05) is 11.9 Å². The van der Waals surface area contributed by atoms with Crippen LogP contribution >= 0.6 is 0 Å². The van der Waals surface area contributed by atoms with Crippen LogP contribution in [0.1, 0.15) is 47.5 Å². The molecule has 0 saturated heterocycles. The van der Waals surface area contributed by atoms with E-state index in [9.17, 15) is 18.0 Å². The van der Waals surface area contributed by atoms with Crippen molar-refractivity contribution < 1.29 is 22.7 Å². The summed E-state index contributed by atoms with van der Waals surface area (Å²) in [5.41, 5.74) is 1.26. The third-order valence-electron chi connectivity index (χ3n) is 4.15. The van der Waals surface area contributed by atoms with Crippen molar-refractivity contribution in [1.82, 2.24) is 15.2 Å². The van der Waals surface area contributed by atoms with Crippen LogP contribution in [0.4, 0.5) is 18.9 Å². The zero-order valence-electron chi connectivity index (χ0n) is 13.8. The quantitative estimate of drug-likeness (QED) is 0.873. The van der Waals surface area contributed by atoms with Crippen LogP contribution in [0.15, 0.2) is 30.7 Å². The van der Waals surface area contributed by atoms with E-state index < -0.39 is 18.7 Å². The van der Waals surface area contributed by atoms with Gasteiger partial charge in [-0.3, -0.25) is 4.79 Å². The number of pyridine rings is 1. The van der Waals surface area contributed by atoms with Crippen molar-refractivity contribution >= 4 is 11.6 Å². The van der Waals surface area contributed by atoms with Crippen molar-refractivity contribution in [1.29, 1.82) is 0 Å². The number of nitrogens with one attached hydrogen (secondary N) is 1. The molecule has 2 aromatic rings. The van der Waals surface area contributed by atoms with Gasteiger partial charge in [0, 0.05) is 11.8 Å². The molecule has 2 heterocycles. The smallest absolute Gasteiger partial charge is 0.422 e. The number of ether oxygens (including phenoxy) is 1. The summed E-state index contributed by atoms with van der Waals surface area (Å²) in [5, 5.41) is 9.94. The zero-order chi connectivity index (χ0) is 18.6. The second-order valence-electron chi connectivity index (χ2n) is 6.09. The molecule has 1 aliphatic carbocycles. The number of rotatable bonds is 5. The number of amides is 1. The number of anilines is 1. The Bertz CT molecular complexity index is 762. The molecule has 3 rings (SSSR count). The van der Waals surface area contributed by atoms with Crippen LogP contribution in [0.5, 0.6) is 5.88 Å². The molecule has 1 aliphatic rings. The number of hydrogen-bond acceptors (Lipinski definition) is 5. The number of carbonyl (C=O) groups is 1. The van der Waals surface area contributed by atoms with Gasteiger partial charge in [0.2, 0.25) is 5.88 Å². The molecule has 0 aromatic carbocycles. The van der Waals surface area contributed by atoms with Gasteiger partial charge >= 0.3 is 6.18 Å². The predicted molar refractivity (Wildman–Crippen MR) is 87.0 cm³/mol. The Morgan fingerprint density at radius 2 is 2.00 bits per heavy atom. The fraction of sp³-hybridized carbons (Fsp3) is 0.412. The lowest BCUT2D eigenvalue weighted by Gasteiger charge is -2.17. The number of aromatic nitrogens is 3. The van der Waals surface area contributed by atoms with E-state index in [0.717, 1.165) is 25.7 Å². The molecule has 1 amide bonds. The minimum absolute atomic E-state index is 0.0427. The van der Waals surface area contributed by atoms with Gasteiger partial charge in [-0.15, -0.1) is 0 Å². The van der Waals surface area contributed by atoms with Crippen molar-refractivity contribution in [3.05, 3.63) is 41.9 Å². The second-order valence-corrected chi connectivity index (χ2v) is 6.09. The second kappa shape index (κ2) is 7.67. The number of alkyl halides is 3. The number of hydrogen-bond donors (Lipinski definition) is 1. The van der Waals surface area contributed by atoms with E-state index in [4.69, 9.17) is 4.74 Å². The first-order chi connectivity index (χ1) is 12.4. The molecule has 0 radical (unpaired) electrons. The first-order valence-electron chi connectivity index (χ1n) is 8.20. The highest BCUT2D eigenvalue weighted by Crippen LogP contribution is 2.38. The van der Waals surface area contributed by atoms with E-state index in [-0.39, 0.29) is 17.4 Å². The molecule has 138 valence electrons. The predicted octanol–water partition coefficient (Wildman–Crippen LogP) is 3.72. The molecule has 26 heavy (non-hydrogen) atoms. The molecular formula is C17H17F3N4O2. The first-order valence-corrected chi connectivity index (χ1v) is 8.20. The van der Waals surface area contributed by atoms with Gasteiger partial charge in [0.05, 0.1) is 23.6 Å². The largest absolute Gasteiger partial charge is 0.468 e. The monoisotopic (exact) mass is 366 g/mol. The van der Waals surface area contributed by atoms with Crippen molar-refractivity contribution in [2.24, 2.45) is 0 Å². The van der Waals surface area contributed by atoms with Crippen LogP contribution in [0.3, 0.4) is 0 Å². The van der Waals surface area contributed by atoms with Gasteiger partial charge < -0.3 is 10.1 Å². The van der Waals surface area contributed by atoms with Crippen LogP contribution < -0.4 is 10.1 Å². The lowest BCUT2D eigenvalue weighted by atomic mass is 9.97. The SMILES string of the molecule is O=C(Nc1ccnnc1)c1cnc(OCC(F)(F)F)c(C2CCCC2)c1. The maximum Gasteiger partial charge on any atom is 0.422 e.